The summed E-state index contributed by atoms with van der Waals surface area (Å²) < 4.78 is 0.883. The van der Waals surface area contributed by atoms with E-state index in [4.69, 9.17) is 17.3 Å². The van der Waals surface area contributed by atoms with Crippen molar-refractivity contribution in [3.05, 3.63) is 27.5 Å². The van der Waals surface area contributed by atoms with Gasteiger partial charge in [0.2, 0.25) is 0 Å². The quantitative estimate of drug-likeness (QED) is 0.891. The lowest BCUT2D eigenvalue weighted by molar-refractivity contribution is 0.522. The van der Waals surface area contributed by atoms with Crippen LogP contribution in [-0.4, -0.2) is 11.5 Å². The zero-order valence-corrected chi connectivity index (χ0v) is 9.98. The lowest BCUT2D eigenvalue weighted by Gasteiger charge is -2.22. The third-order valence-electron chi connectivity index (χ3n) is 1.96. The number of hydrogen-bond donors (Lipinski definition) is 1. The van der Waals surface area contributed by atoms with E-state index in [0.29, 0.717) is 11.6 Å². The third-order valence-corrected chi connectivity index (χ3v) is 2.68. The Kier molecular flexibility index (Phi) is 3.33. The molecule has 0 aromatic carbocycles. The van der Waals surface area contributed by atoms with Gasteiger partial charge in [-0.05, 0) is 22.0 Å². The molecule has 0 aliphatic carbocycles. The van der Waals surface area contributed by atoms with Crippen molar-refractivity contribution in [1.82, 2.24) is 4.98 Å². The van der Waals surface area contributed by atoms with Gasteiger partial charge in [-0.15, -0.1) is 0 Å². The second kappa shape index (κ2) is 3.95. The molecular formula is C9H12BrClN2. The summed E-state index contributed by atoms with van der Waals surface area (Å²) in [6.45, 7) is 4.57. The number of nitrogens with zero attached hydrogens (tertiary/aromatic N) is 1. The van der Waals surface area contributed by atoms with Crippen molar-refractivity contribution in [2.75, 3.05) is 6.54 Å². The molecule has 1 heterocycles. The van der Waals surface area contributed by atoms with Crippen LogP contribution < -0.4 is 5.73 Å². The van der Waals surface area contributed by atoms with Crippen LogP contribution in [0.25, 0.3) is 0 Å². The minimum Gasteiger partial charge on any atom is -0.330 e. The number of hydrogen-bond acceptors (Lipinski definition) is 2. The van der Waals surface area contributed by atoms with E-state index in [-0.39, 0.29) is 5.41 Å². The molecule has 72 valence electrons. The van der Waals surface area contributed by atoms with Gasteiger partial charge in [0.15, 0.2) is 0 Å². The Morgan fingerprint density at radius 3 is 2.69 bits per heavy atom. The molecule has 13 heavy (non-hydrogen) atoms. The highest BCUT2D eigenvalue weighted by Gasteiger charge is 2.23. The Balaban J connectivity index is 3.16. The monoisotopic (exact) mass is 262 g/mol. The predicted octanol–water partition coefficient (Wildman–Crippen LogP) is 2.73. The van der Waals surface area contributed by atoms with Gasteiger partial charge in [0.1, 0.15) is 0 Å². The highest BCUT2D eigenvalue weighted by Crippen LogP contribution is 2.28. The van der Waals surface area contributed by atoms with Gasteiger partial charge in [-0.1, -0.05) is 25.4 Å². The van der Waals surface area contributed by atoms with Crippen molar-refractivity contribution in [1.29, 1.82) is 0 Å². The summed E-state index contributed by atoms with van der Waals surface area (Å²) in [6.07, 6.45) is 1.73. The molecule has 4 heteroatoms. The smallest absolute Gasteiger partial charge is 0.0659 e. The predicted molar refractivity (Wildman–Crippen MR) is 59.0 cm³/mol. The van der Waals surface area contributed by atoms with Gasteiger partial charge in [-0.2, -0.15) is 0 Å². The summed E-state index contributed by atoms with van der Waals surface area (Å²) in [4.78, 5) is 4.26. The van der Waals surface area contributed by atoms with Gasteiger partial charge in [-0.3, -0.25) is 4.98 Å². The molecule has 0 radical (unpaired) electrons. The Morgan fingerprint density at radius 1 is 1.62 bits per heavy atom. The van der Waals surface area contributed by atoms with E-state index in [9.17, 15) is 0 Å². The molecule has 1 aromatic rings. The molecule has 0 unspecified atom stereocenters. The normalized spacial score (nSPS) is 11.8. The van der Waals surface area contributed by atoms with Gasteiger partial charge in [0, 0.05) is 22.6 Å². The maximum atomic E-state index is 6.04. The summed E-state index contributed by atoms with van der Waals surface area (Å²) >= 11 is 9.35. The van der Waals surface area contributed by atoms with Crippen molar-refractivity contribution in [2.24, 2.45) is 5.73 Å². The average molecular weight is 264 g/mol. The van der Waals surface area contributed by atoms with Gasteiger partial charge in [0.05, 0.1) is 10.7 Å². The first kappa shape index (κ1) is 11.0. The summed E-state index contributed by atoms with van der Waals surface area (Å²) in [5.41, 5.74) is 6.31. The third kappa shape index (κ3) is 2.42. The van der Waals surface area contributed by atoms with Crippen LogP contribution in [0.3, 0.4) is 0 Å². The van der Waals surface area contributed by atoms with E-state index in [0.717, 1.165) is 10.2 Å². The van der Waals surface area contributed by atoms with Crippen LogP contribution in [-0.2, 0) is 5.41 Å². The fourth-order valence-corrected chi connectivity index (χ4v) is 1.89. The maximum Gasteiger partial charge on any atom is 0.0659 e. The fourth-order valence-electron chi connectivity index (χ4n) is 1.01. The zero-order chi connectivity index (χ0) is 10.1. The summed E-state index contributed by atoms with van der Waals surface area (Å²) in [5.74, 6) is 0. The first-order valence-electron chi connectivity index (χ1n) is 3.99. The fraction of sp³-hybridized carbons (Fsp3) is 0.444. The van der Waals surface area contributed by atoms with Gasteiger partial charge in [-0.25, -0.2) is 0 Å². The molecule has 0 aliphatic rings. The topological polar surface area (TPSA) is 38.9 Å². The molecule has 0 saturated heterocycles. The molecule has 1 aromatic heterocycles. The van der Waals surface area contributed by atoms with Crippen LogP contribution in [0.5, 0.6) is 0 Å². The highest BCUT2D eigenvalue weighted by molar-refractivity contribution is 9.10. The SMILES string of the molecule is CC(C)(CN)c1ncc(Br)cc1Cl. The number of nitrogens with two attached hydrogens (primary N) is 1. The first-order valence-corrected chi connectivity index (χ1v) is 5.16. The number of aromatic nitrogens is 1. The standard InChI is InChI=1S/C9H12BrClN2/c1-9(2,5-12)8-7(11)3-6(10)4-13-8/h3-4H,5,12H2,1-2H3. The Morgan fingerprint density at radius 2 is 2.23 bits per heavy atom. The first-order chi connectivity index (χ1) is 5.97. The molecule has 0 bridgehead atoms. The molecule has 0 saturated carbocycles. The van der Waals surface area contributed by atoms with Crippen molar-refractivity contribution in [3.8, 4) is 0 Å². The van der Waals surface area contributed by atoms with Crippen LogP contribution in [0.1, 0.15) is 19.5 Å². The van der Waals surface area contributed by atoms with Crippen LogP contribution in [0.4, 0.5) is 0 Å². The van der Waals surface area contributed by atoms with Gasteiger partial charge in [0.25, 0.3) is 0 Å². The van der Waals surface area contributed by atoms with Crippen LogP contribution in [0.15, 0.2) is 16.7 Å². The lowest BCUT2D eigenvalue weighted by atomic mass is 9.89. The highest BCUT2D eigenvalue weighted by atomic mass is 79.9. The largest absolute Gasteiger partial charge is 0.330 e. The Hall–Kier alpha value is -0.120. The average Bonchev–Trinajstić information content (AvgIpc) is 2.03. The molecule has 1 rings (SSSR count). The van der Waals surface area contributed by atoms with Gasteiger partial charge < -0.3 is 5.73 Å². The van der Waals surface area contributed by atoms with E-state index < -0.39 is 0 Å². The molecule has 0 aliphatic heterocycles. The lowest BCUT2D eigenvalue weighted by Crippen LogP contribution is -2.29. The second-order valence-electron chi connectivity index (χ2n) is 3.57. The summed E-state index contributed by atoms with van der Waals surface area (Å²) in [6, 6.07) is 1.83. The van der Waals surface area contributed by atoms with E-state index in [1.165, 1.54) is 0 Å². The van der Waals surface area contributed by atoms with Crippen molar-refractivity contribution in [2.45, 2.75) is 19.3 Å². The maximum absolute atomic E-state index is 6.04. The molecule has 2 nitrogen and oxygen atoms in total. The van der Waals surface area contributed by atoms with Crippen LogP contribution >= 0.6 is 27.5 Å². The van der Waals surface area contributed by atoms with Crippen molar-refractivity contribution < 1.29 is 0 Å². The number of rotatable bonds is 2. The Bertz CT molecular complexity index is 312. The summed E-state index contributed by atoms with van der Waals surface area (Å²) in [7, 11) is 0. The van der Waals surface area contributed by atoms with E-state index >= 15 is 0 Å². The number of pyridine rings is 1. The zero-order valence-electron chi connectivity index (χ0n) is 7.64. The molecular weight excluding hydrogens is 251 g/mol. The van der Waals surface area contributed by atoms with E-state index in [2.05, 4.69) is 20.9 Å². The van der Waals surface area contributed by atoms with Gasteiger partial charge >= 0.3 is 0 Å². The second-order valence-corrected chi connectivity index (χ2v) is 4.89. The molecule has 0 fully saturated rings. The van der Waals surface area contributed by atoms with E-state index in [1.807, 2.05) is 19.9 Å². The van der Waals surface area contributed by atoms with E-state index in [1.54, 1.807) is 6.20 Å². The van der Waals surface area contributed by atoms with Crippen LogP contribution in [0.2, 0.25) is 5.02 Å². The summed E-state index contributed by atoms with van der Waals surface area (Å²) in [5, 5.41) is 0.657. The molecule has 2 N–H and O–H groups in total. The Labute approximate surface area is 91.6 Å². The number of halogens is 2. The minimum absolute atomic E-state index is 0.169. The van der Waals surface area contributed by atoms with Crippen LogP contribution in [0, 0.1) is 0 Å². The van der Waals surface area contributed by atoms with Crippen molar-refractivity contribution >= 4 is 27.5 Å². The van der Waals surface area contributed by atoms with Crippen molar-refractivity contribution in [3.63, 3.8) is 0 Å². The molecule has 0 atom stereocenters. The molecule has 0 spiro atoms. The molecule has 0 amide bonds. The minimum atomic E-state index is -0.169.